The van der Waals surface area contributed by atoms with Crippen LogP contribution in [-0.4, -0.2) is 44.7 Å². The summed E-state index contributed by atoms with van der Waals surface area (Å²) in [5.41, 5.74) is 1.20. The van der Waals surface area contributed by atoms with E-state index < -0.39 is 10.0 Å². The third kappa shape index (κ3) is 3.87. The molecule has 0 radical (unpaired) electrons. The fourth-order valence-corrected chi connectivity index (χ4v) is 4.56. The number of hydrogen-bond acceptors (Lipinski definition) is 8. The van der Waals surface area contributed by atoms with Gasteiger partial charge in [0.05, 0.1) is 33.3 Å². The maximum Gasteiger partial charge on any atom is 0.270 e. The Hall–Kier alpha value is -3.73. The second-order valence-corrected chi connectivity index (χ2v) is 8.11. The van der Waals surface area contributed by atoms with Gasteiger partial charge in [-0.1, -0.05) is 11.2 Å². The maximum atomic E-state index is 13.1. The number of methoxy groups -OCH3 is 3. The molecule has 0 aliphatic heterocycles. The van der Waals surface area contributed by atoms with Crippen molar-refractivity contribution in [1.82, 2.24) is 14.9 Å². The molecule has 4 aromatic rings. The van der Waals surface area contributed by atoms with Gasteiger partial charge in [0.25, 0.3) is 10.0 Å². The highest BCUT2D eigenvalue weighted by atomic mass is 32.2. The molecule has 0 saturated heterocycles. The molecule has 0 bridgehead atoms. The summed E-state index contributed by atoms with van der Waals surface area (Å²) in [5, 5.41) is 8.54. The number of sulfonamides is 1. The van der Waals surface area contributed by atoms with Crippen molar-refractivity contribution in [1.29, 1.82) is 0 Å². The Labute approximate surface area is 178 Å². The Morgan fingerprint density at radius 2 is 1.74 bits per heavy atom. The number of aromatic nitrogens is 3. The van der Waals surface area contributed by atoms with E-state index in [-0.39, 0.29) is 22.2 Å². The van der Waals surface area contributed by atoms with Crippen molar-refractivity contribution in [3.8, 4) is 17.2 Å². The normalized spacial score (nSPS) is 11.5. The van der Waals surface area contributed by atoms with Gasteiger partial charge < -0.3 is 18.7 Å². The zero-order valence-electron chi connectivity index (χ0n) is 17.0. The van der Waals surface area contributed by atoms with Crippen LogP contribution in [0.25, 0.3) is 11.0 Å². The number of benzene rings is 2. The highest BCUT2D eigenvalue weighted by Gasteiger charge is 2.27. The van der Waals surface area contributed by atoms with E-state index in [0.717, 1.165) is 5.56 Å². The lowest BCUT2D eigenvalue weighted by Gasteiger charge is -2.14. The van der Waals surface area contributed by atoms with Crippen molar-refractivity contribution in [2.75, 3.05) is 26.1 Å². The molecule has 0 atom stereocenters. The third-order valence-corrected chi connectivity index (χ3v) is 6.05. The van der Waals surface area contributed by atoms with E-state index in [9.17, 15) is 8.42 Å². The molecule has 0 aliphatic rings. The van der Waals surface area contributed by atoms with Gasteiger partial charge in [0, 0.05) is 18.0 Å². The zero-order valence-corrected chi connectivity index (χ0v) is 17.8. The van der Waals surface area contributed by atoms with Crippen molar-refractivity contribution in [2.45, 2.75) is 11.4 Å². The Kier molecular flexibility index (Phi) is 5.42. The van der Waals surface area contributed by atoms with E-state index >= 15 is 0 Å². The lowest BCUT2D eigenvalue weighted by Crippen LogP contribution is -2.15. The smallest absolute Gasteiger partial charge is 0.270 e. The highest BCUT2D eigenvalue weighted by molar-refractivity contribution is 7.93. The second kappa shape index (κ2) is 8.19. The van der Waals surface area contributed by atoms with Crippen LogP contribution in [0, 0.1) is 0 Å². The molecule has 31 heavy (non-hydrogen) atoms. The molecular formula is C20H20N4O6S. The Balaban J connectivity index is 1.74. The van der Waals surface area contributed by atoms with Crippen LogP contribution in [0.5, 0.6) is 17.2 Å². The fourth-order valence-electron chi connectivity index (χ4n) is 3.22. The average Bonchev–Trinajstić information content (AvgIpc) is 3.42. The minimum atomic E-state index is -4.11. The predicted octanol–water partition coefficient (Wildman–Crippen LogP) is 2.90. The first-order valence-corrected chi connectivity index (χ1v) is 10.6. The molecule has 2 aromatic heterocycles. The van der Waals surface area contributed by atoms with E-state index in [1.807, 2.05) is 12.3 Å². The molecular weight excluding hydrogens is 424 g/mol. The average molecular weight is 444 g/mol. The molecule has 11 heteroatoms. The molecule has 2 heterocycles. The number of nitrogens with one attached hydrogen (secondary N) is 1. The Morgan fingerprint density at radius 1 is 1.03 bits per heavy atom. The lowest BCUT2D eigenvalue weighted by molar-refractivity contribution is 0.373. The number of nitrogens with zero attached hydrogens (tertiary/aromatic N) is 3. The van der Waals surface area contributed by atoms with Crippen LogP contribution in [0.3, 0.4) is 0 Å². The highest BCUT2D eigenvalue weighted by Crippen LogP contribution is 2.36. The second-order valence-electron chi connectivity index (χ2n) is 6.49. The molecule has 0 fully saturated rings. The number of ether oxygens (including phenoxy) is 3. The monoisotopic (exact) mass is 444 g/mol. The first-order chi connectivity index (χ1) is 15.0. The SMILES string of the molecule is COc1cc2c(NS(=O)(=O)c3c(OC)cccc3OC)noc2cc1Cn1cccn1. The summed E-state index contributed by atoms with van der Waals surface area (Å²) in [4.78, 5) is -0.140. The fraction of sp³-hybridized carbons (Fsp3) is 0.200. The Morgan fingerprint density at radius 3 is 2.35 bits per heavy atom. The van der Waals surface area contributed by atoms with Gasteiger partial charge in [-0.3, -0.25) is 9.40 Å². The molecule has 0 saturated carbocycles. The molecule has 0 aliphatic carbocycles. The summed E-state index contributed by atoms with van der Waals surface area (Å²) in [7, 11) is 0.185. The van der Waals surface area contributed by atoms with Crippen LogP contribution in [0.1, 0.15) is 5.56 Å². The summed E-state index contributed by atoms with van der Waals surface area (Å²) in [6.07, 6.45) is 3.50. The summed E-state index contributed by atoms with van der Waals surface area (Å²) >= 11 is 0. The van der Waals surface area contributed by atoms with Crippen LogP contribution >= 0.6 is 0 Å². The van der Waals surface area contributed by atoms with Gasteiger partial charge in [-0.05, 0) is 30.3 Å². The lowest BCUT2D eigenvalue weighted by atomic mass is 10.1. The molecule has 4 rings (SSSR count). The van der Waals surface area contributed by atoms with Crippen LogP contribution in [-0.2, 0) is 16.6 Å². The first-order valence-electron chi connectivity index (χ1n) is 9.14. The number of anilines is 1. The van der Waals surface area contributed by atoms with Crippen LogP contribution < -0.4 is 18.9 Å². The zero-order chi connectivity index (χ0) is 22.0. The molecule has 0 unspecified atom stereocenters. The Bertz CT molecular complexity index is 1290. The van der Waals surface area contributed by atoms with Gasteiger partial charge in [-0.25, -0.2) is 8.42 Å². The third-order valence-electron chi connectivity index (χ3n) is 4.65. The summed E-state index contributed by atoms with van der Waals surface area (Å²) < 4.78 is 51.8. The quantitative estimate of drug-likeness (QED) is 0.441. The number of hydrogen-bond donors (Lipinski definition) is 1. The standard InChI is InChI=1S/C20H20N4O6S/c1-27-15-6-4-7-16(28-2)19(15)31(25,26)23-20-14-11-17(29-3)13(10-18(14)30-22-20)12-24-9-5-8-21-24/h4-11H,12H2,1-3H3,(H,22,23). The molecule has 0 spiro atoms. The maximum absolute atomic E-state index is 13.1. The molecule has 0 amide bonds. The van der Waals surface area contributed by atoms with Crippen LogP contribution in [0.15, 0.2) is 58.2 Å². The van der Waals surface area contributed by atoms with E-state index in [4.69, 9.17) is 18.7 Å². The molecule has 1 N–H and O–H groups in total. The molecule has 10 nitrogen and oxygen atoms in total. The van der Waals surface area contributed by atoms with E-state index in [1.165, 1.54) is 33.5 Å². The topological polar surface area (TPSA) is 118 Å². The van der Waals surface area contributed by atoms with Gasteiger partial charge in [0.2, 0.25) is 0 Å². The van der Waals surface area contributed by atoms with Gasteiger partial charge >= 0.3 is 0 Å². The van der Waals surface area contributed by atoms with E-state index in [0.29, 0.717) is 23.3 Å². The summed E-state index contributed by atoms with van der Waals surface area (Å²) in [6.45, 7) is 0.451. The summed E-state index contributed by atoms with van der Waals surface area (Å²) in [5.74, 6) is 0.839. The van der Waals surface area contributed by atoms with Gasteiger partial charge in [-0.15, -0.1) is 0 Å². The molecule has 2 aromatic carbocycles. The number of fused-ring (bicyclic) bond motifs is 1. The van der Waals surface area contributed by atoms with Gasteiger partial charge in [-0.2, -0.15) is 5.10 Å². The van der Waals surface area contributed by atoms with Crippen molar-refractivity contribution in [2.24, 2.45) is 0 Å². The minimum Gasteiger partial charge on any atom is -0.496 e. The van der Waals surface area contributed by atoms with Crippen molar-refractivity contribution >= 4 is 26.8 Å². The number of rotatable bonds is 8. The van der Waals surface area contributed by atoms with Gasteiger partial charge in [0.15, 0.2) is 16.3 Å². The molecule has 162 valence electrons. The van der Waals surface area contributed by atoms with Crippen LogP contribution in [0.2, 0.25) is 0 Å². The van der Waals surface area contributed by atoms with Gasteiger partial charge in [0.1, 0.15) is 17.2 Å². The van der Waals surface area contributed by atoms with Crippen LogP contribution in [0.4, 0.5) is 5.82 Å². The summed E-state index contributed by atoms with van der Waals surface area (Å²) in [6, 6.07) is 9.92. The van der Waals surface area contributed by atoms with Crippen molar-refractivity contribution in [3.05, 3.63) is 54.4 Å². The minimum absolute atomic E-state index is 0.0203. The van der Waals surface area contributed by atoms with Crippen molar-refractivity contribution in [3.63, 3.8) is 0 Å². The first kappa shape index (κ1) is 20.5. The predicted molar refractivity (Wildman–Crippen MR) is 112 cm³/mol. The van der Waals surface area contributed by atoms with Crippen molar-refractivity contribution < 1.29 is 27.2 Å². The largest absolute Gasteiger partial charge is 0.496 e. The van der Waals surface area contributed by atoms with E-state index in [1.54, 1.807) is 29.1 Å². The van der Waals surface area contributed by atoms with E-state index in [2.05, 4.69) is 15.0 Å².